The van der Waals surface area contributed by atoms with E-state index < -0.39 is 29.1 Å². The van der Waals surface area contributed by atoms with Crippen LogP contribution < -0.4 is 5.30 Å². The number of hydrogen-bond donors (Lipinski definition) is 0. The molecule has 0 saturated heterocycles. The summed E-state index contributed by atoms with van der Waals surface area (Å²) < 4.78 is 0. The van der Waals surface area contributed by atoms with Crippen LogP contribution in [0.4, 0.5) is 0 Å². The highest BCUT2D eigenvalue weighted by Crippen LogP contribution is 2.49. The van der Waals surface area contributed by atoms with Gasteiger partial charge in [0.05, 0.1) is 6.29 Å². The van der Waals surface area contributed by atoms with E-state index in [0.717, 1.165) is 0 Å². The Kier molecular flexibility index (Phi) is 9.16. The van der Waals surface area contributed by atoms with Gasteiger partial charge in [-0.3, -0.25) is 0 Å². The summed E-state index contributed by atoms with van der Waals surface area (Å²) in [4.78, 5) is 0. The van der Waals surface area contributed by atoms with Crippen LogP contribution in [0, 0.1) is 0 Å². The molecule has 0 heterocycles. The van der Waals surface area contributed by atoms with E-state index in [1.807, 2.05) is 7.42 Å². The smallest absolute Gasteiger partial charge is 0.0958 e. The SMILES string of the molecule is CC(C)(C)c1cc(C(C)(C)C)c(P=P[Si]([Si](C)(C)C)([Si](C)(C)C)[Si](C)(C)C)c(C(C)(C)C)c1. The Hall–Kier alpha value is 0.688. The number of benzene rings is 1. The lowest BCUT2D eigenvalue weighted by atomic mass is 9.75. The van der Waals surface area contributed by atoms with Crippen LogP contribution in [0.5, 0.6) is 0 Å². The standard InChI is InChI=1S/C27H56P2Si4/c1-25(2,3)21-19-22(26(4,5)6)24(23(20-21)27(7,8)9)28-29-33(30(10,11)12,31(13,14)15)32(16,17)18/h19-20H,1-18H3. The third-order valence-electron chi connectivity index (χ3n) is 7.15. The van der Waals surface area contributed by atoms with Crippen LogP contribution in [-0.4, -0.2) is 29.1 Å². The van der Waals surface area contributed by atoms with Crippen LogP contribution >= 0.6 is 15.3 Å². The molecule has 0 aliphatic rings. The maximum Gasteiger partial charge on any atom is 0.0958 e. The molecule has 0 fully saturated rings. The van der Waals surface area contributed by atoms with Gasteiger partial charge in [0.25, 0.3) is 0 Å². The average Bonchev–Trinajstić information content (AvgIpc) is 2.47. The summed E-state index contributed by atoms with van der Waals surface area (Å²) in [7, 11) is -0.417. The zero-order valence-corrected chi connectivity index (χ0v) is 31.3. The minimum atomic E-state index is -1.42. The fraction of sp³-hybridized carbons (Fsp3) is 0.778. The summed E-state index contributed by atoms with van der Waals surface area (Å²) in [5.74, 6) is 0. The van der Waals surface area contributed by atoms with E-state index in [4.69, 9.17) is 0 Å². The summed E-state index contributed by atoms with van der Waals surface area (Å²) in [6.07, 6.45) is -1.42. The van der Waals surface area contributed by atoms with Crippen molar-refractivity contribution in [3.05, 3.63) is 28.8 Å². The van der Waals surface area contributed by atoms with Crippen molar-refractivity contribution in [2.75, 3.05) is 0 Å². The van der Waals surface area contributed by atoms with Crippen molar-refractivity contribution in [3.63, 3.8) is 0 Å². The van der Waals surface area contributed by atoms with Crippen molar-refractivity contribution in [1.82, 2.24) is 0 Å². The molecule has 0 aliphatic carbocycles. The zero-order valence-electron chi connectivity index (χ0n) is 25.5. The summed E-state index contributed by atoms with van der Waals surface area (Å²) in [6, 6.07) is 5.15. The molecule has 1 rings (SSSR count). The van der Waals surface area contributed by atoms with E-state index in [9.17, 15) is 0 Å². The second-order valence-corrected chi connectivity index (χ2v) is 65.6. The first-order valence-electron chi connectivity index (χ1n) is 12.8. The second-order valence-electron chi connectivity index (χ2n) is 16.3. The first-order chi connectivity index (χ1) is 14.2. The van der Waals surface area contributed by atoms with Gasteiger partial charge in [0.15, 0.2) is 0 Å². The fourth-order valence-electron chi connectivity index (χ4n) is 6.27. The molecule has 6 heteroatoms. The lowest BCUT2D eigenvalue weighted by Crippen LogP contribution is -2.79. The van der Waals surface area contributed by atoms with Gasteiger partial charge >= 0.3 is 0 Å². The highest BCUT2D eigenvalue weighted by atomic mass is 31.9. The highest BCUT2D eigenvalue weighted by Gasteiger charge is 2.61. The molecule has 1 aromatic carbocycles. The summed E-state index contributed by atoms with van der Waals surface area (Å²) in [5, 5.41) is 1.66. The van der Waals surface area contributed by atoms with Crippen molar-refractivity contribution in [2.24, 2.45) is 0 Å². The Morgan fingerprint density at radius 3 is 1.03 bits per heavy atom. The predicted octanol–water partition coefficient (Wildman–Crippen LogP) is 10.2. The van der Waals surface area contributed by atoms with Crippen molar-refractivity contribution in [2.45, 2.75) is 137 Å². The van der Waals surface area contributed by atoms with Crippen molar-refractivity contribution in [3.8, 4) is 0 Å². The Morgan fingerprint density at radius 1 is 0.515 bits per heavy atom. The lowest BCUT2D eigenvalue weighted by Gasteiger charge is -2.54. The highest BCUT2D eigenvalue weighted by molar-refractivity contribution is 8.31. The van der Waals surface area contributed by atoms with Crippen LogP contribution in [0.25, 0.3) is 0 Å². The number of hydrogen-bond acceptors (Lipinski definition) is 0. The molecule has 33 heavy (non-hydrogen) atoms. The van der Waals surface area contributed by atoms with E-state index in [-0.39, 0.29) is 16.2 Å². The Morgan fingerprint density at radius 2 is 0.818 bits per heavy atom. The van der Waals surface area contributed by atoms with Gasteiger partial charge in [-0.05, 0) is 40.8 Å². The summed E-state index contributed by atoms with van der Waals surface area (Å²) in [5.41, 5.74) is 5.16. The Balaban J connectivity index is 4.21. The van der Waals surface area contributed by atoms with Gasteiger partial charge in [0.2, 0.25) is 0 Å². The topological polar surface area (TPSA) is 0 Å². The molecule has 0 N–H and O–H groups in total. The van der Waals surface area contributed by atoms with Crippen LogP contribution in [0.15, 0.2) is 12.1 Å². The Bertz CT molecular complexity index is 805. The molecule has 1 aromatic rings. The maximum atomic E-state index is 2.73. The Labute approximate surface area is 215 Å². The minimum Gasteiger partial charge on any atom is -0.103 e. The molecular formula is C27H56P2Si4. The van der Waals surface area contributed by atoms with Crippen LogP contribution in [0.2, 0.25) is 58.9 Å². The van der Waals surface area contributed by atoms with Gasteiger partial charge in [0.1, 0.15) is 0 Å². The minimum absolute atomic E-state index is 0.154. The van der Waals surface area contributed by atoms with E-state index in [0.29, 0.717) is 0 Å². The largest absolute Gasteiger partial charge is 0.103 e. The average molecular weight is 555 g/mol. The fourth-order valence-corrected chi connectivity index (χ4v) is 139. The zero-order chi connectivity index (χ0) is 26.6. The van der Waals surface area contributed by atoms with Gasteiger partial charge < -0.3 is 0 Å². The van der Waals surface area contributed by atoms with Gasteiger partial charge in [-0.1, -0.05) is 133 Å². The van der Waals surface area contributed by atoms with Crippen LogP contribution in [0.3, 0.4) is 0 Å². The summed E-state index contributed by atoms with van der Waals surface area (Å²) in [6.45, 7) is 46.3. The molecule has 0 saturated carbocycles. The van der Waals surface area contributed by atoms with E-state index >= 15 is 0 Å². The third-order valence-corrected chi connectivity index (χ3v) is 106. The van der Waals surface area contributed by atoms with Crippen molar-refractivity contribution < 1.29 is 0 Å². The number of rotatable bonds is 5. The molecule has 0 aromatic heterocycles. The molecule has 0 unspecified atom stereocenters. The van der Waals surface area contributed by atoms with Crippen LogP contribution in [-0.2, 0) is 16.2 Å². The molecule has 190 valence electrons. The first kappa shape index (κ1) is 31.7. The second kappa shape index (κ2) is 9.53. The van der Waals surface area contributed by atoms with Crippen molar-refractivity contribution in [1.29, 1.82) is 0 Å². The molecule has 0 aliphatic heterocycles. The monoisotopic (exact) mass is 554 g/mol. The molecule has 0 radical (unpaired) electrons. The van der Waals surface area contributed by atoms with E-state index in [2.05, 4.69) is 133 Å². The van der Waals surface area contributed by atoms with E-state index in [1.165, 1.54) is 5.56 Å². The maximum absolute atomic E-state index is 2.73. The van der Waals surface area contributed by atoms with Gasteiger partial charge in [-0.25, -0.2) is 0 Å². The molecule has 0 spiro atoms. The van der Waals surface area contributed by atoms with Crippen molar-refractivity contribution >= 4 is 49.7 Å². The third kappa shape index (κ3) is 6.72. The molecule has 0 amide bonds. The quantitative estimate of drug-likeness (QED) is 0.251. The van der Waals surface area contributed by atoms with E-state index in [1.54, 1.807) is 24.3 Å². The van der Waals surface area contributed by atoms with Gasteiger partial charge in [-0.15, -0.1) is 7.42 Å². The molecular weight excluding hydrogens is 499 g/mol. The predicted molar refractivity (Wildman–Crippen MR) is 172 cm³/mol. The van der Waals surface area contributed by atoms with Crippen LogP contribution in [0.1, 0.15) is 79.0 Å². The molecule has 0 atom stereocenters. The first-order valence-corrected chi connectivity index (χ1v) is 31.6. The normalized spacial score (nSPS) is 15.5. The molecule has 0 bridgehead atoms. The van der Waals surface area contributed by atoms with Gasteiger partial charge in [-0.2, -0.15) is 0 Å². The van der Waals surface area contributed by atoms with Gasteiger partial charge in [0, 0.05) is 28.1 Å². The summed E-state index contributed by atoms with van der Waals surface area (Å²) >= 11 is 0. The molecule has 0 nitrogen and oxygen atoms in total. The lowest BCUT2D eigenvalue weighted by molar-refractivity contribution is 0.554.